The molecule has 1 unspecified atom stereocenters. The highest BCUT2D eigenvalue weighted by atomic mass is 16.1. The number of fused-ring (bicyclic) bond motifs is 1. The molecule has 7 nitrogen and oxygen atoms in total. The van der Waals surface area contributed by atoms with E-state index < -0.39 is 0 Å². The van der Waals surface area contributed by atoms with Gasteiger partial charge in [-0.25, -0.2) is 4.68 Å². The van der Waals surface area contributed by atoms with Crippen LogP contribution in [0.5, 0.6) is 0 Å². The van der Waals surface area contributed by atoms with Crippen LogP contribution in [-0.4, -0.2) is 31.9 Å². The van der Waals surface area contributed by atoms with Crippen molar-refractivity contribution in [2.75, 3.05) is 5.32 Å². The maximum atomic E-state index is 12.5. The first-order chi connectivity index (χ1) is 13.5. The lowest BCUT2D eigenvalue weighted by Crippen LogP contribution is -2.28. The lowest BCUT2D eigenvalue weighted by Gasteiger charge is -2.21. The Morgan fingerprint density at radius 1 is 1.29 bits per heavy atom. The van der Waals surface area contributed by atoms with Gasteiger partial charge in [-0.2, -0.15) is 0 Å². The van der Waals surface area contributed by atoms with Crippen molar-refractivity contribution < 1.29 is 4.79 Å². The minimum Gasteiger partial charge on any atom is -0.327 e. The van der Waals surface area contributed by atoms with Gasteiger partial charge >= 0.3 is 0 Å². The molecule has 1 atom stereocenters. The monoisotopic (exact) mass is 376 g/mol. The second kappa shape index (κ2) is 7.52. The van der Waals surface area contributed by atoms with Crippen molar-refractivity contribution in [3.05, 3.63) is 64.7 Å². The molecule has 0 fully saturated rings. The number of pyridine rings is 1. The van der Waals surface area contributed by atoms with E-state index in [9.17, 15) is 4.79 Å². The number of hydrogen-bond acceptors (Lipinski definition) is 5. The molecule has 1 aliphatic carbocycles. The van der Waals surface area contributed by atoms with Crippen molar-refractivity contribution in [2.45, 2.75) is 45.6 Å². The van der Waals surface area contributed by atoms with Gasteiger partial charge in [0.1, 0.15) is 0 Å². The van der Waals surface area contributed by atoms with Gasteiger partial charge in [0.25, 0.3) is 0 Å². The van der Waals surface area contributed by atoms with Crippen LogP contribution in [0.15, 0.2) is 36.5 Å². The molecule has 4 rings (SSSR count). The summed E-state index contributed by atoms with van der Waals surface area (Å²) in [4.78, 5) is 17.0. The van der Waals surface area contributed by atoms with Crippen LogP contribution in [0.25, 0.3) is 5.69 Å². The summed E-state index contributed by atoms with van der Waals surface area (Å²) in [6.45, 7) is 3.96. The Labute approximate surface area is 164 Å². The van der Waals surface area contributed by atoms with Gasteiger partial charge in [-0.3, -0.25) is 9.78 Å². The predicted molar refractivity (Wildman–Crippen MR) is 107 cm³/mol. The zero-order valence-electron chi connectivity index (χ0n) is 16.1. The zero-order valence-corrected chi connectivity index (χ0v) is 16.1. The molecule has 0 bridgehead atoms. The van der Waals surface area contributed by atoms with Crippen molar-refractivity contribution in [3.8, 4) is 5.69 Å². The number of nitrogens with one attached hydrogen (secondary N) is 1. The van der Waals surface area contributed by atoms with Gasteiger partial charge in [-0.1, -0.05) is 22.9 Å². The predicted octanol–water partition coefficient (Wildman–Crippen LogP) is 2.28. The number of nitrogens with two attached hydrogens (primary N) is 1. The van der Waals surface area contributed by atoms with E-state index in [1.807, 2.05) is 44.2 Å². The highest BCUT2D eigenvalue weighted by Crippen LogP contribution is 2.22. The van der Waals surface area contributed by atoms with Crippen molar-refractivity contribution in [1.29, 1.82) is 0 Å². The largest absolute Gasteiger partial charge is 0.327 e. The Bertz CT molecular complexity index is 1010. The van der Waals surface area contributed by atoms with Crippen molar-refractivity contribution >= 4 is 11.6 Å². The van der Waals surface area contributed by atoms with E-state index in [2.05, 4.69) is 20.6 Å². The van der Waals surface area contributed by atoms with Gasteiger partial charge in [0.05, 0.1) is 35.4 Å². The third kappa shape index (κ3) is 3.80. The van der Waals surface area contributed by atoms with E-state index in [-0.39, 0.29) is 18.4 Å². The number of hydrogen-bond donors (Lipinski definition) is 2. The second-order valence-electron chi connectivity index (χ2n) is 7.43. The lowest BCUT2D eigenvalue weighted by atomic mass is 9.92. The molecule has 1 amide bonds. The summed E-state index contributed by atoms with van der Waals surface area (Å²) in [5.41, 5.74) is 12.6. The molecule has 0 aliphatic heterocycles. The summed E-state index contributed by atoms with van der Waals surface area (Å²) < 4.78 is 1.75. The molecule has 1 aromatic carbocycles. The molecule has 0 radical (unpaired) electrons. The number of benzene rings is 1. The fourth-order valence-corrected chi connectivity index (χ4v) is 3.53. The molecular weight excluding hydrogens is 352 g/mol. The number of carbonyl (C=O) groups excluding carboxylic acids is 1. The zero-order chi connectivity index (χ0) is 19.7. The molecule has 2 heterocycles. The van der Waals surface area contributed by atoms with Crippen LogP contribution in [0, 0.1) is 13.8 Å². The number of carbonyl (C=O) groups is 1. The van der Waals surface area contributed by atoms with E-state index in [0.29, 0.717) is 11.4 Å². The number of aromatic nitrogens is 4. The first kappa shape index (κ1) is 18.3. The number of anilines is 1. The van der Waals surface area contributed by atoms with Crippen LogP contribution in [-0.2, 0) is 24.1 Å². The Morgan fingerprint density at radius 2 is 2.07 bits per heavy atom. The van der Waals surface area contributed by atoms with Crippen LogP contribution >= 0.6 is 0 Å². The number of rotatable bonds is 4. The average molecular weight is 376 g/mol. The summed E-state index contributed by atoms with van der Waals surface area (Å²) in [7, 11) is 0. The van der Waals surface area contributed by atoms with Gasteiger partial charge < -0.3 is 11.1 Å². The molecule has 7 heteroatoms. The van der Waals surface area contributed by atoms with E-state index in [4.69, 9.17) is 5.73 Å². The molecule has 144 valence electrons. The highest BCUT2D eigenvalue weighted by molar-refractivity contribution is 5.92. The summed E-state index contributed by atoms with van der Waals surface area (Å²) in [5.74, 6) is -0.138. The van der Waals surface area contributed by atoms with E-state index in [1.54, 1.807) is 10.9 Å². The molecule has 2 aromatic heterocycles. The van der Waals surface area contributed by atoms with Gasteiger partial charge in [0.2, 0.25) is 5.91 Å². The molecule has 0 saturated carbocycles. The normalized spacial score (nSPS) is 15.9. The Balaban J connectivity index is 1.46. The molecule has 3 N–H and O–H groups in total. The smallest absolute Gasteiger partial charge is 0.230 e. The SMILES string of the molecule is Cc1ccc(-n2nnc(CC(=O)Nc3cnc4c(c3)CC(N)CC4)c2C)cc1. The van der Waals surface area contributed by atoms with Gasteiger partial charge in [-0.15, -0.1) is 5.10 Å². The van der Waals surface area contributed by atoms with Gasteiger partial charge in [0, 0.05) is 11.7 Å². The number of nitrogens with zero attached hydrogens (tertiary/aromatic N) is 4. The van der Waals surface area contributed by atoms with E-state index in [1.165, 1.54) is 5.56 Å². The number of aryl methyl sites for hydroxylation is 2. The van der Waals surface area contributed by atoms with Gasteiger partial charge in [-0.05, 0) is 56.9 Å². The van der Waals surface area contributed by atoms with Crippen LogP contribution in [0.1, 0.15) is 34.6 Å². The standard InChI is InChI=1S/C21H24N6O/c1-13-3-6-18(7-4-13)27-14(2)20(25-26-27)11-21(28)24-17-10-15-9-16(22)5-8-19(15)23-12-17/h3-4,6-7,10,12,16H,5,8-9,11,22H2,1-2H3,(H,24,28). The lowest BCUT2D eigenvalue weighted by molar-refractivity contribution is -0.115. The van der Waals surface area contributed by atoms with Crippen LogP contribution in [0.3, 0.4) is 0 Å². The highest BCUT2D eigenvalue weighted by Gasteiger charge is 2.18. The third-order valence-corrected chi connectivity index (χ3v) is 5.17. The Hall–Kier alpha value is -3.06. The van der Waals surface area contributed by atoms with E-state index in [0.717, 1.165) is 41.9 Å². The fraction of sp³-hybridized carbons (Fsp3) is 0.333. The molecule has 0 saturated heterocycles. The quantitative estimate of drug-likeness (QED) is 0.728. The molecule has 28 heavy (non-hydrogen) atoms. The summed E-state index contributed by atoms with van der Waals surface area (Å²) in [5, 5.41) is 11.3. The van der Waals surface area contributed by atoms with Crippen molar-refractivity contribution in [3.63, 3.8) is 0 Å². The van der Waals surface area contributed by atoms with Crippen LogP contribution in [0.2, 0.25) is 0 Å². The summed E-state index contributed by atoms with van der Waals surface area (Å²) in [6.07, 6.45) is 4.53. The molecular formula is C21H24N6O. The minimum atomic E-state index is -0.138. The Kier molecular flexibility index (Phi) is 4.92. The maximum absolute atomic E-state index is 12.5. The first-order valence-electron chi connectivity index (χ1n) is 9.51. The first-order valence-corrected chi connectivity index (χ1v) is 9.51. The van der Waals surface area contributed by atoms with Crippen LogP contribution < -0.4 is 11.1 Å². The average Bonchev–Trinajstić information content (AvgIpc) is 3.02. The molecule has 3 aromatic rings. The fourth-order valence-electron chi connectivity index (χ4n) is 3.53. The minimum absolute atomic E-state index is 0.138. The molecule has 1 aliphatic rings. The summed E-state index contributed by atoms with van der Waals surface area (Å²) in [6, 6.07) is 10.2. The third-order valence-electron chi connectivity index (χ3n) is 5.17. The van der Waals surface area contributed by atoms with Crippen molar-refractivity contribution in [2.24, 2.45) is 5.73 Å². The Morgan fingerprint density at radius 3 is 2.86 bits per heavy atom. The van der Waals surface area contributed by atoms with Gasteiger partial charge in [0.15, 0.2) is 0 Å². The number of amides is 1. The second-order valence-corrected chi connectivity index (χ2v) is 7.43. The summed E-state index contributed by atoms with van der Waals surface area (Å²) >= 11 is 0. The van der Waals surface area contributed by atoms with Crippen LogP contribution in [0.4, 0.5) is 5.69 Å². The molecule has 0 spiro atoms. The van der Waals surface area contributed by atoms with Crippen molar-refractivity contribution in [1.82, 2.24) is 20.0 Å². The maximum Gasteiger partial charge on any atom is 0.230 e. The topological polar surface area (TPSA) is 98.7 Å². The van der Waals surface area contributed by atoms with E-state index >= 15 is 0 Å².